The quantitative estimate of drug-likeness (QED) is 0.555. The molecule has 1 aromatic rings. The third kappa shape index (κ3) is 3.83. The molecule has 0 radical (unpaired) electrons. The highest BCUT2D eigenvalue weighted by Gasteiger charge is 1.96. The van der Waals surface area contributed by atoms with Gasteiger partial charge in [0, 0.05) is 6.54 Å². The summed E-state index contributed by atoms with van der Waals surface area (Å²) in [5.74, 6) is 0.391. The normalized spacial score (nSPS) is 9.40. The number of hydrogen-bond acceptors (Lipinski definition) is 3. The molecule has 0 atom stereocenters. The number of aliphatic hydroxyl groups is 1. The molecule has 4 heteroatoms. The fraction of sp³-hybridized carbons (Fsp3) is 0.182. The van der Waals surface area contributed by atoms with E-state index in [2.05, 4.69) is 11.9 Å². The second-order valence-electron chi connectivity index (χ2n) is 2.84. The summed E-state index contributed by atoms with van der Waals surface area (Å²) in [5.41, 5.74) is 0.954. The monoisotopic (exact) mass is 207 g/mol. The number of carbonyl (C=O) groups is 1. The molecule has 0 saturated heterocycles. The molecule has 0 heterocycles. The molecule has 0 aromatic heterocycles. The Morgan fingerprint density at radius 1 is 1.47 bits per heavy atom. The number of amides is 1. The first-order valence-electron chi connectivity index (χ1n) is 4.49. The predicted octanol–water partition coefficient (Wildman–Crippen LogP) is 0.817. The maximum absolute atomic E-state index is 10.9. The molecule has 4 nitrogen and oxygen atoms in total. The number of rotatable bonds is 5. The molecule has 0 aliphatic heterocycles. The van der Waals surface area contributed by atoms with Crippen LogP contribution in [0.1, 0.15) is 5.56 Å². The highest BCUT2D eigenvalue weighted by molar-refractivity contribution is 5.86. The number of aliphatic hydroxyl groups excluding tert-OH is 1. The fourth-order valence-electron chi connectivity index (χ4n) is 1.04. The molecule has 1 aromatic carbocycles. The van der Waals surface area contributed by atoms with Gasteiger partial charge in [0.1, 0.15) is 5.75 Å². The molecule has 0 fully saturated rings. The number of carbonyl (C=O) groups excluding carboxylic acids is 1. The Morgan fingerprint density at radius 3 is 2.67 bits per heavy atom. The second-order valence-corrected chi connectivity index (χ2v) is 2.84. The van der Waals surface area contributed by atoms with Gasteiger partial charge < -0.3 is 15.2 Å². The van der Waals surface area contributed by atoms with E-state index in [1.54, 1.807) is 12.1 Å². The molecule has 2 N–H and O–H groups in total. The van der Waals surface area contributed by atoms with Gasteiger partial charge in [-0.05, 0) is 23.8 Å². The molecule has 0 aliphatic carbocycles. The minimum atomic E-state index is -0.341. The van der Waals surface area contributed by atoms with Crippen molar-refractivity contribution in [2.24, 2.45) is 0 Å². The van der Waals surface area contributed by atoms with Gasteiger partial charge in [-0.15, -0.1) is 0 Å². The summed E-state index contributed by atoms with van der Waals surface area (Å²) < 4.78 is 4.86. The molecule has 0 aliphatic rings. The average molecular weight is 207 g/mol. The molecule has 0 bridgehead atoms. The first-order chi connectivity index (χ1) is 7.26. The van der Waals surface area contributed by atoms with Crippen LogP contribution < -0.4 is 10.1 Å². The Hall–Kier alpha value is -1.81. The van der Waals surface area contributed by atoms with Crippen LogP contribution in [0.3, 0.4) is 0 Å². The molecule has 1 amide bonds. The lowest BCUT2D eigenvalue weighted by Crippen LogP contribution is -2.19. The minimum absolute atomic E-state index is 0.203. The standard InChI is InChI=1S/C11H13NO3/c1-2-11(14)12-7-9-3-5-10(6-4-9)15-8-13/h2-6,13H,1,7-8H2,(H,12,14). The van der Waals surface area contributed by atoms with Gasteiger partial charge in [0.25, 0.3) is 0 Å². The summed E-state index contributed by atoms with van der Waals surface area (Å²) in [6.07, 6.45) is 1.23. The molecule has 15 heavy (non-hydrogen) atoms. The highest BCUT2D eigenvalue weighted by Crippen LogP contribution is 2.11. The Morgan fingerprint density at radius 2 is 2.13 bits per heavy atom. The lowest BCUT2D eigenvalue weighted by Gasteiger charge is -2.04. The third-order valence-corrected chi connectivity index (χ3v) is 1.81. The van der Waals surface area contributed by atoms with Gasteiger partial charge in [-0.25, -0.2) is 0 Å². The first-order valence-corrected chi connectivity index (χ1v) is 4.49. The zero-order valence-electron chi connectivity index (χ0n) is 8.27. The Kier molecular flexibility index (Phi) is 4.37. The lowest BCUT2D eigenvalue weighted by molar-refractivity contribution is -0.116. The molecule has 0 spiro atoms. The van der Waals surface area contributed by atoms with Crippen molar-refractivity contribution in [3.63, 3.8) is 0 Å². The summed E-state index contributed by atoms with van der Waals surface area (Å²) in [7, 11) is 0. The summed E-state index contributed by atoms with van der Waals surface area (Å²) >= 11 is 0. The molecular formula is C11H13NO3. The van der Waals surface area contributed by atoms with Crippen LogP contribution in [0.15, 0.2) is 36.9 Å². The fourth-order valence-corrected chi connectivity index (χ4v) is 1.04. The van der Waals surface area contributed by atoms with Crippen LogP contribution in [0.25, 0.3) is 0 Å². The van der Waals surface area contributed by atoms with E-state index in [9.17, 15) is 4.79 Å². The topological polar surface area (TPSA) is 58.6 Å². The first kappa shape index (κ1) is 11.3. The van der Waals surface area contributed by atoms with Crippen molar-refractivity contribution in [1.82, 2.24) is 5.32 Å². The predicted molar refractivity (Wildman–Crippen MR) is 56.2 cm³/mol. The lowest BCUT2D eigenvalue weighted by atomic mass is 10.2. The van der Waals surface area contributed by atoms with E-state index in [1.807, 2.05) is 12.1 Å². The van der Waals surface area contributed by atoms with Crippen molar-refractivity contribution >= 4 is 5.91 Å². The number of nitrogens with one attached hydrogen (secondary N) is 1. The maximum atomic E-state index is 10.9. The van der Waals surface area contributed by atoms with Gasteiger partial charge in [0.15, 0.2) is 6.79 Å². The SMILES string of the molecule is C=CC(=O)NCc1ccc(OCO)cc1. The van der Waals surface area contributed by atoms with Crippen LogP contribution in [0.4, 0.5) is 0 Å². The van der Waals surface area contributed by atoms with Crippen molar-refractivity contribution in [2.45, 2.75) is 6.54 Å². The van der Waals surface area contributed by atoms with E-state index in [-0.39, 0.29) is 12.7 Å². The average Bonchev–Trinajstić information content (AvgIpc) is 2.28. The van der Waals surface area contributed by atoms with E-state index in [4.69, 9.17) is 9.84 Å². The Bertz CT molecular complexity index is 332. The van der Waals surface area contributed by atoms with Gasteiger partial charge in [-0.1, -0.05) is 18.7 Å². The minimum Gasteiger partial charge on any atom is -0.468 e. The summed E-state index contributed by atoms with van der Waals surface area (Å²) in [5, 5.41) is 11.2. The summed E-state index contributed by atoms with van der Waals surface area (Å²) in [6.45, 7) is 3.46. The summed E-state index contributed by atoms with van der Waals surface area (Å²) in [6, 6.07) is 7.08. The van der Waals surface area contributed by atoms with E-state index < -0.39 is 0 Å². The van der Waals surface area contributed by atoms with Gasteiger partial charge in [0.05, 0.1) is 0 Å². The summed E-state index contributed by atoms with van der Waals surface area (Å²) in [4.78, 5) is 10.9. The zero-order valence-corrected chi connectivity index (χ0v) is 8.27. The van der Waals surface area contributed by atoms with Crippen molar-refractivity contribution in [3.05, 3.63) is 42.5 Å². The smallest absolute Gasteiger partial charge is 0.243 e. The number of ether oxygens (including phenoxy) is 1. The number of benzene rings is 1. The van der Waals surface area contributed by atoms with E-state index >= 15 is 0 Å². The molecule has 0 unspecified atom stereocenters. The van der Waals surface area contributed by atoms with Crippen LogP contribution in [0, 0.1) is 0 Å². The highest BCUT2D eigenvalue weighted by atomic mass is 16.6. The van der Waals surface area contributed by atoms with Crippen LogP contribution in [0.5, 0.6) is 5.75 Å². The molecular weight excluding hydrogens is 194 g/mol. The molecule has 80 valence electrons. The van der Waals surface area contributed by atoms with Crippen LogP contribution in [-0.4, -0.2) is 17.8 Å². The van der Waals surface area contributed by atoms with E-state index in [0.29, 0.717) is 12.3 Å². The van der Waals surface area contributed by atoms with Crippen molar-refractivity contribution < 1.29 is 14.6 Å². The van der Waals surface area contributed by atoms with Gasteiger partial charge in [-0.3, -0.25) is 4.79 Å². The van der Waals surface area contributed by atoms with Gasteiger partial charge in [0.2, 0.25) is 5.91 Å². The Labute approximate surface area is 88.2 Å². The maximum Gasteiger partial charge on any atom is 0.243 e. The molecule has 0 saturated carbocycles. The zero-order chi connectivity index (χ0) is 11.1. The van der Waals surface area contributed by atoms with Crippen molar-refractivity contribution in [3.8, 4) is 5.75 Å². The largest absolute Gasteiger partial charge is 0.468 e. The third-order valence-electron chi connectivity index (χ3n) is 1.81. The van der Waals surface area contributed by atoms with Crippen molar-refractivity contribution in [1.29, 1.82) is 0 Å². The van der Waals surface area contributed by atoms with Crippen LogP contribution in [-0.2, 0) is 11.3 Å². The Balaban J connectivity index is 2.49. The van der Waals surface area contributed by atoms with Gasteiger partial charge >= 0.3 is 0 Å². The van der Waals surface area contributed by atoms with Crippen LogP contribution in [0.2, 0.25) is 0 Å². The van der Waals surface area contributed by atoms with E-state index in [0.717, 1.165) is 5.56 Å². The second kappa shape index (κ2) is 5.82. The molecule has 1 rings (SSSR count). The van der Waals surface area contributed by atoms with Crippen LogP contribution >= 0.6 is 0 Å². The van der Waals surface area contributed by atoms with E-state index in [1.165, 1.54) is 6.08 Å². The van der Waals surface area contributed by atoms with Crippen molar-refractivity contribution in [2.75, 3.05) is 6.79 Å². The number of hydrogen-bond donors (Lipinski definition) is 2. The van der Waals surface area contributed by atoms with Gasteiger partial charge in [-0.2, -0.15) is 0 Å².